The molecule has 0 aliphatic carbocycles. The van der Waals surface area contributed by atoms with Crippen molar-refractivity contribution in [3.05, 3.63) is 52.7 Å². The standard InChI is InChI=1S/C18H13FO5S/c1-21-8-11-16-12(19)3-2-4-15(16)25-17(11)18(20)24-10-5-6-13-14(7-10)23-9-22-13/h2-7H,8-9H2,1H3. The normalized spacial score (nSPS) is 12.6. The quantitative estimate of drug-likeness (QED) is 0.517. The molecule has 1 aliphatic rings. The minimum atomic E-state index is -0.563. The fourth-order valence-electron chi connectivity index (χ4n) is 2.71. The van der Waals surface area contributed by atoms with Crippen LogP contribution in [0.15, 0.2) is 36.4 Å². The molecule has 7 heteroatoms. The lowest BCUT2D eigenvalue weighted by Gasteiger charge is -2.06. The number of esters is 1. The van der Waals surface area contributed by atoms with Crippen molar-refractivity contribution in [3.63, 3.8) is 0 Å². The number of benzene rings is 2. The van der Waals surface area contributed by atoms with Gasteiger partial charge in [0, 0.05) is 28.8 Å². The Morgan fingerprint density at radius 2 is 2.08 bits per heavy atom. The fraction of sp³-hybridized carbons (Fsp3) is 0.167. The monoisotopic (exact) mass is 360 g/mol. The lowest BCUT2D eigenvalue weighted by Crippen LogP contribution is -2.09. The van der Waals surface area contributed by atoms with Gasteiger partial charge in [-0.2, -0.15) is 0 Å². The van der Waals surface area contributed by atoms with E-state index in [2.05, 4.69) is 0 Å². The number of rotatable bonds is 4. The average Bonchev–Trinajstić information content (AvgIpc) is 3.20. The predicted molar refractivity (Wildman–Crippen MR) is 90.0 cm³/mol. The molecule has 2 heterocycles. The van der Waals surface area contributed by atoms with Crippen LogP contribution >= 0.6 is 11.3 Å². The molecule has 2 aromatic carbocycles. The van der Waals surface area contributed by atoms with Crippen LogP contribution in [0.5, 0.6) is 17.2 Å². The highest BCUT2D eigenvalue weighted by molar-refractivity contribution is 7.21. The van der Waals surface area contributed by atoms with Crippen molar-refractivity contribution in [2.45, 2.75) is 6.61 Å². The summed E-state index contributed by atoms with van der Waals surface area (Å²) in [5, 5.41) is 0.395. The molecule has 1 aromatic heterocycles. The average molecular weight is 360 g/mol. The molecule has 4 rings (SSSR count). The van der Waals surface area contributed by atoms with Crippen molar-refractivity contribution < 1.29 is 28.1 Å². The number of ether oxygens (including phenoxy) is 4. The van der Waals surface area contributed by atoms with E-state index in [9.17, 15) is 9.18 Å². The molecule has 1 aliphatic heterocycles. The highest BCUT2D eigenvalue weighted by Gasteiger charge is 2.23. The number of carbonyl (C=O) groups excluding carboxylic acids is 1. The van der Waals surface area contributed by atoms with E-state index in [-0.39, 0.29) is 19.2 Å². The van der Waals surface area contributed by atoms with Crippen molar-refractivity contribution >= 4 is 27.4 Å². The van der Waals surface area contributed by atoms with Gasteiger partial charge in [0.25, 0.3) is 0 Å². The van der Waals surface area contributed by atoms with E-state index in [0.29, 0.717) is 37.8 Å². The van der Waals surface area contributed by atoms with Crippen LogP contribution in [0.25, 0.3) is 10.1 Å². The third-order valence-corrected chi connectivity index (χ3v) is 4.97. The highest BCUT2D eigenvalue weighted by atomic mass is 32.1. The van der Waals surface area contributed by atoms with Crippen LogP contribution in [0.2, 0.25) is 0 Å². The first-order valence-corrected chi connectivity index (χ1v) is 8.29. The van der Waals surface area contributed by atoms with Crippen molar-refractivity contribution in [1.82, 2.24) is 0 Å². The maximum absolute atomic E-state index is 14.2. The number of halogens is 1. The summed E-state index contributed by atoms with van der Waals surface area (Å²) in [6, 6.07) is 9.61. The smallest absolute Gasteiger partial charge is 0.354 e. The molecule has 0 saturated heterocycles. The number of hydrogen-bond donors (Lipinski definition) is 0. The highest BCUT2D eigenvalue weighted by Crippen LogP contribution is 2.37. The van der Waals surface area contributed by atoms with Crippen molar-refractivity contribution in [2.24, 2.45) is 0 Å². The number of hydrogen-bond acceptors (Lipinski definition) is 6. The maximum atomic E-state index is 14.2. The van der Waals surface area contributed by atoms with Crippen LogP contribution in [0.1, 0.15) is 15.2 Å². The maximum Gasteiger partial charge on any atom is 0.354 e. The van der Waals surface area contributed by atoms with Gasteiger partial charge in [0.05, 0.1) is 6.61 Å². The topological polar surface area (TPSA) is 54.0 Å². The first-order chi connectivity index (χ1) is 12.2. The van der Waals surface area contributed by atoms with E-state index in [1.165, 1.54) is 24.5 Å². The van der Waals surface area contributed by atoms with Gasteiger partial charge in [-0.05, 0) is 24.3 Å². The van der Waals surface area contributed by atoms with E-state index in [4.69, 9.17) is 18.9 Å². The molecule has 128 valence electrons. The molecule has 25 heavy (non-hydrogen) atoms. The molecule has 5 nitrogen and oxygen atoms in total. The molecule has 0 amide bonds. The molecule has 0 radical (unpaired) electrons. The van der Waals surface area contributed by atoms with E-state index < -0.39 is 5.97 Å². The minimum Gasteiger partial charge on any atom is -0.454 e. The SMILES string of the molecule is COCc1c(C(=O)Oc2ccc3c(c2)OCO3)sc2cccc(F)c12. The summed E-state index contributed by atoms with van der Waals surface area (Å²) in [6.07, 6.45) is 0. The van der Waals surface area contributed by atoms with Gasteiger partial charge in [0.15, 0.2) is 11.5 Å². The van der Waals surface area contributed by atoms with Crippen LogP contribution in [-0.2, 0) is 11.3 Å². The van der Waals surface area contributed by atoms with E-state index in [0.717, 1.165) is 0 Å². The Labute approximate surface area is 146 Å². The Bertz CT molecular complexity index is 965. The largest absolute Gasteiger partial charge is 0.454 e. The van der Waals surface area contributed by atoms with Crippen LogP contribution in [-0.4, -0.2) is 19.9 Å². The lowest BCUT2D eigenvalue weighted by molar-refractivity contribution is 0.0735. The first-order valence-electron chi connectivity index (χ1n) is 7.48. The molecule has 0 unspecified atom stereocenters. The fourth-order valence-corrected chi connectivity index (χ4v) is 3.81. The number of carbonyl (C=O) groups is 1. The summed E-state index contributed by atoms with van der Waals surface area (Å²) >= 11 is 1.18. The molecular weight excluding hydrogens is 347 g/mol. The van der Waals surface area contributed by atoms with Crippen molar-refractivity contribution in [2.75, 3.05) is 13.9 Å². The van der Waals surface area contributed by atoms with Gasteiger partial charge in [-0.25, -0.2) is 9.18 Å². The van der Waals surface area contributed by atoms with Gasteiger partial charge >= 0.3 is 5.97 Å². The minimum absolute atomic E-state index is 0.118. The number of fused-ring (bicyclic) bond motifs is 2. The zero-order valence-corrected chi connectivity index (χ0v) is 14.0. The zero-order chi connectivity index (χ0) is 17.4. The number of thiophene rings is 1. The third-order valence-electron chi connectivity index (χ3n) is 3.79. The van der Waals surface area contributed by atoms with Crippen molar-refractivity contribution in [1.29, 1.82) is 0 Å². The predicted octanol–water partition coefficient (Wildman–Crippen LogP) is 4.13. The third kappa shape index (κ3) is 2.81. The summed E-state index contributed by atoms with van der Waals surface area (Å²) in [5.74, 6) is 0.499. The summed E-state index contributed by atoms with van der Waals surface area (Å²) in [5.41, 5.74) is 0.492. The Morgan fingerprint density at radius 3 is 2.92 bits per heavy atom. The summed E-state index contributed by atoms with van der Waals surface area (Å²) < 4.78 is 36.0. The summed E-state index contributed by atoms with van der Waals surface area (Å²) in [4.78, 5) is 12.9. The molecule has 0 fully saturated rings. The Morgan fingerprint density at radius 1 is 1.24 bits per heavy atom. The molecule has 0 saturated carbocycles. The van der Waals surface area contributed by atoms with Crippen LogP contribution in [0, 0.1) is 5.82 Å². The summed E-state index contributed by atoms with van der Waals surface area (Å²) in [6.45, 7) is 0.257. The number of methoxy groups -OCH3 is 1. The van der Waals surface area contributed by atoms with Crippen LogP contribution in [0.4, 0.5) is 4.39 Å². The van der Waals surface area contributed by atoms with E-state index in [1.807, 2.05) is 0 Å². The summed E-state index contributed by atoms with van der Waals surface area (Å²) in [7, 11) is 1.50. The molecule has 0 atom stereocenters. The van der Waals surface area contributed by atoms with E-state index >= 15 is 0 Å². The lowest BCUT2D eigenvalue weighted by atomic mass is 10.1. The van der Waals surface area contributed by atoms with Gasteiger partial charge in [0.1, 0.15) is 16.4 Å². The first kappa shape index (κ1) is 15.9. The second-order valence-corrected chi connectivity index (χ2v) is 6.41. The van der Waals surface area contributed by atoms with E-state index in [1.54, 1.807) is 30.3 Å². The molecule has 0 N–H and O–H groups in total. The van der Waals surface area contributed by atoms with Gasteiger partial charge in [-0.3, -0.25) is 0 Å². The van der Waals surface area contributed by atoms with Crippen LogP contribution < -0.4 is 14.2 Å². The molecule has 0 spiro atoms. The van der Waals surface area contributed by atoms with Gasteiger partial charge in [0.2, 0.25) is 6.79 Å². The van der Waals surface area contributed by atoms with Gasteiger partial charge in [-0.1, -0.05) is 6.07 Å². The Balaban J connectivity index is 1.70. The second-order valence-electron chi connectivity index (χ2n) is 5.36. The molecule has 3 aromatic rings. The molecule has 0 bridgehead atoms. The van der Waals surface area contributed by atoms with Gasteiger partial charge < -0.3 is 18.9 Å². The van der Waals surface area contributed by atoms with Gasteiger partial charge in [-0.15, -0.1) is 11.3 Å². The Kier molecular flexibility index (Phi) is 4.03. The molecular formula is C18H13FO5S. The van der Waals surface area contributed by atoms with Crippen LogP contribution in [0.3, 0.4) is 0 Å². The second kappa shape index (κ2) is 6.34. The Hall–Kier alpha value is -2.64. The zero-order valence-electron chi connectivity index (χ0n) is 13.2. The van der Waals surface area contributed by atoms with Crippen molar-refractivity contribution in [3.8, 4) is 17.2 Å².